The van der Waals surface area contributed by atoms with Crippen LogP contribution in [-0.2, 0) is 20.7 Å². The van der Waals surface area contributed by atoms with Gasteiger partial charge in [-0.3, -0.25) is 4.79 Å². The SMILES string of the molecule is COc1cc(CC(C)[C@]23CCC(=O)C(Br)=C2OCO3)ccc1C. The van der Waals surface area contributed by atoms with Gasteiger partial charge in [0.1, 0.15) is 21.6 Å². The summed E-state index contributed by atoms with van der Waals surface area (Å²) in [4.78, 5) is 11.9. The zero-order valence-corrected chi connectivity index (χ0v) is 15.2. The first-order chi connectivity index (χ1) is 11.0. The molecule has 0 bridgehead atoms. The summed E-state index contributed by atoms with van der Waals surface area (Å²) in [6, 6.07) is 6.26. The molecular formula is C18H21BrO4. The van der Waals surface area contributed by atoms with E-state index in [9.17, 15) is 4.79 Å². The van der Waals surface area contributed by atoms with E-state index >= 15 is 0 Å². The highest BCUT2D eigenvalue weighted by Crippen LogP contribution is 2.47. The summed E-state index contributed by atoms with van der Waals surface area (Å²) in [5, 5.41) is 0. The summed E-state index contributed by atoms with van der Waals surface area (Å²) in [5.41, 5.74) is 1.80. The first kappa shape index (κ1) is 16.5. The minimum Gasteiger partial charge on any atom is -0.496 e. The molecule has 23 heavy (non-hydrogen) atoms. The summed E-state index contributed by atoms with van der Waals surface area (Å²) in [6.07, 6.45) is 1.98. The lowest BCUT2D eigenvalue weighted by atomic mass is 9.76. The number of carbonyl (C=O) groups is 1. The maximum absolute atomic E-state index is 11.9. The van der Waals surface area contributed by atoms with Crippen LogP contribution in [0.25, 0.3) is 0 Å². The minimum atomic E-state index is -0.509. The number of allylic oxidation sites excluding steroid dienone is 1. The van der Waals surface area contributed by atoms with Crippen LogP contribution in [0.3, 0.4) is 0 Å². The predicted octanol–water partition coefficient (Wildman–Crippen LogP) is 3.89. The van der Waals surface area contributed by atoms with Gasteiger partial charge in [0.2, 0.25) is 0 Å². The smallest absolute Gasteiger partial charge is 0.190 e. The van der Waals surface area contributed by atoms with E-state index in [4.69, 9.17) is 14.2 Å². The van der Waals surface area contributed by atoms with Crippen molar-refractivity contribution in [2.45, 2.75) is 38.7 Å². The molecule has 0 spiro atoms. The van der Waals surface area contributed by atoms with Crippen LogP contribution in [-0.4, -0.2) is 25.3 Å². The van der Waals surface area contributed by atoms with Crippen LogP contribution in [0.1, 0.15) is 30.9 Å². The lowest BCUT2D eigenvalue weighted by Gasteiger charge is -2.36. The number of hydrogen-bond acceptors (Lipinski definition) is 4. The fourth-order valence-electron chi connectivity index (χ4n) is 3.47. The Hall–Kier alpha value is -1.33. The molecule has 1 heterocycles. The Morgan fingerprint density at radius 2 is 2.22 bits per heavy atom. The van der Waals surface area contributed by atoms with Gasteiger partial charge in [-0.05, 0) is 58.8 Å². The molecule has 0 N–H and O–H groups in total. The number of fused-ring (bicyclic) bond motifs is 1. The van der Waals surface area contributed by atoms with Crippen molar-refractivity contribution in [3.05, 3.63) is 39.6 Å². The van der Waals surface area contributed by atoms with Crippen molar-refractivity contribution in [3.63, 3.8) is 0 Å². The first-order valence-electron chi connectivity index (χ1n) is 7.81. The topological polar surface area (TPSA) is 44.8 Å². The lowest BCUT2D eigenvalue weighted by Crippen LogP contribution is -2.42. The molecule has 0 aromatic heterocycles. The highest BCUT2D eigenvalue weighted by molar-refractivity contribution is 9.12. The van der Waals surface area contributed by atoms with Crippen LogP contribution in [0.15, 0.2) is 28.4 Å². The highest BCUT2D eigenvalue weighted by atomic mass is 79.9. The third kappa shape index (κ3) is 2.81. The molecule has 1 aromatic rings. The number of carbonyl (C=O) groups excluding carboxylic acids is 1. The molecular weight excluding hydrogens is 360 g/mol. The van der Waals surface area contributed by atoms with Crippen molar-refractivity contribution in [1.29, 1.82) is 0 Å². The molecule has 1 fully saturated rings. The van der Waals surface area contributed by atoms with Crippen LogP contribution in [0, 0.1) is 12.8 Å². The first-order valence-corrected chi connectivity index (χ1v) is 8.61. The fourth-order valence-corrected chi connectivity index (χ4v) is 4.12. The van der Waals surface area contributed by atoms with Crippen LogP contribution in [0.2, 0.25) is 0 Å². The van der Waals surface area contributed by atoms with E-state index < -0.39 is 5.60 Å². The van der Waals surface area contributed by atoms with E-state index in [1.807, 2.05) is 6.92 Å². The van der Waals surface area contributed by atoms with E-state index in [2.05, 4.69) is 41.1 Å². The average Bonchev–Trinajstić information content (AvgIpc) is 2.99. The Morgan fingerprint density at radius 3 is 2.96 bits per heavy atom. The standard InChI is InChI=1S/C18H21BrO4/c1-11-4-5-13(9-15(11)21-3)8-12(2)18-7-6-14(20)16(19)17(18)22-10-23-18/h4-5,9,12H,6-8,10H2,1-3H3/t12?,18-/m1/s1. The molecule has 0 radical (unpaired) electrons. The highest BCUT2D eigenvalue weighted by Gasteiger charge is 2.51. The number of aryl methyl sites for hydroxylation is 1. The van der Waals surface area contributed by atoms with Crippen LogP contribution < -0.4 is 4.74 Å². The molecule has 0 saturated carbocycles. The molecule has 4 nitrogen and oxygen atoms in total. The van der Waals surface area contributed by atoms with Gasteiger partial charge in [-0.1, -0.05) is 19.1 Å². The molecule has 1 aromatic carbocycles. The minimum absolute atomic E-state index is 0.0883. The summed E-state index contributed by atoms with van der Waals surface area (Å²) in [5.74, 6) is 1.84. The van der Waals surface area contributed by atoms with Gasteiger partial charge >= 0.3 is 0 Å². The average molecular weight is 381 g/mol. The van der Waals surface area contributed by atoms with Crippen molar-refractivity contribution in [2.75, 3.05) is 13.9 Å². The summed E-state index contributed by atoms with van der Waals surface area (Å²) >= 11 is 3.39. The van der Waals surface area contributed by atoms with E-state index in [1.165, 1.54) is 5.56 Å². The normalized spacial score (nSPS) is 25.1. The number of methoxy groups -OCH3 is 1. The lowest BCUT2D eigenvalue weighted by molar-refractivity contribution is -0.118. The fraction of sp³-hybridized carbons (Fsp3) is 0.500. The number of ketones is 1. The van der Waals surface area contributed by atoms with Gasteiger partial charge in [0.05, 0.1) is 7.11 Å². The molecule has 2 atom stereocenters. The molecule has 1 aliphatic carbocycles. The summed E-state index contributed by atoms with van der Waals surface area (Å²) < 4.78 is 17.6. The van der Waals surface area contributed by atoms with Gasteiger partial charge in [0, 0.05) is 6.42 Å². The molecule has 1 aliphatic heterocycles. The van der Waals surface area contributed by atoms with Gasteiger partial charge in [-0.2, -0.15) is 0 Å². The second-order valence-electron chi connectivity index (χ2n) is 6.27. The van der Waals surface area contributed by atoms with Crippen molar-refractivity contribution < 1.29 is 19.0 Å². The van der Waals surface area contributed by atoms with E-state index in [0.29, 0.717) is 23.1 Å². The van der Waals surface area contributed by atoms with Crippen molar-refractivity contribution in [1.82, 2.24) is 0 Å². The maximum Gasteiger partial charge on any atom is 0.190 e. The van der Waals surface area contributed by atoms with Crippen molar-refractivity contribution in [3.8, 4) is 5.75 Å². The summed E-state index contributed by atoms with van der Waals surface area (Å²) in [6.45, 7) is 4.39. The number of ether oxygens (including phenoxy) is 3. The quantitative estimate of drug-likeness (QED) is 0.794. The zero-order chi connectivity index (χ0) is 16.6. The number of rotatable bonds is 4. The Bertz CT molecular complexity index is 667. The summed E-state index contributed by atoms with van der Waals surface area (Å²) in [7, 11) is 1.69. The van der Waals surface area contributed by atoms with Crippen molar-refractivity contribution >= 4 is 21.7 Å². The Kier molecular flexibility index (Phi) is 4.52. The number of benzene rings is 1. The van der Waals surface area contributed by atoms with Gasteiger partial charge < -0.3 is 14.2 Å². The van der Waals surface area contributed by atoms with Gasteiger partial charge in [0.25, 0.3) is 0 Å². The Balaban J connectivity index is 1.88. The van der Waals surface area contributed by atoms with Crippen molar-refractivity contribution in [2.24, 2.45) is 5.92 Å². The van der Waals surface area contributed by atoms with E-state index in [1.54, 1.807) is 7.11 Å². The van der Waals surface area contributed by atoms with Crippen LogP contribution in [0.5, 0.6) is 5.75 Å². The van der Waals surface area contributed by atoms with E-state index in [-0.39, 0.29) is 18.5 Å². The second kappa shape index (κ2) is 6.29. The number of halogens is 1. The van der Waals surface area contributed by atoms with E-state index in [0.717, 1.165) is 17.7 Å². The van der Waals surface area contributed by atoms with Gasteiger partial charge in [0.15, 0.2) is 12.6 Å². The Labute approximate surface area is 144 Å². The Morgan fingerprint density at radius 1 is 1.43 bits per heavy atom. The molecule has 1 unspecified atom stereocenters. The third-order valence-corrected chi connectivity index (χ3v) is 5.68. The largest absolute Gasteiger partial charge is 0.496 e. The molecule has 3 rings (SSSR count). The predicted molar refractivity (Wildman–Crippen MR) is 90.6 cm³/mol. The van der Waals surface area contributed by atoms with Gasteiger partial charge in [-0.15, -0.1) is 0 Å². The second-order valence-corrected chi connectivity index (χ2v) is 7.06. The van der Waals surface area contributed by atoms with Crippen LogP contribution in [0.4, 0.5) is 0 Å². The van der Waals surface area contributed by atoms with Crippen LogP contribution >= 0.6 is 15.9 Å². The third-order valence-electron chi connectivity index (χ3n) is 4.88. The van der Waals surface area contributed by atoms with Gasteiger partial charge in [-0.25, -0.2) is 0 Å². The zero-order valence-electron chi connectivity index (χ0n) is 13.6. The molecule has 1 saturated heterocycles. The molecule has 124 valence electrons. The number of Topliss-reactive ketones (excluding diaryl/α,β-unsaturated/α-hetero) is 1. The molecule has 5 heteroatoms. The molecule has 0 amide bonds. The maximum atomic E-state index is 11.9. The molecule has 2 aliphatic rings. The monoisotopic (exact) mass is 380 g/mol. The number of hydrogen-bond donors (Lipinski definition) is 0.